The summed E-state index contributed by atoms with van der Waals surface area (Å²) in [5.74, 6) is 0.263. The minimum absolute atomic E-state index is 0.142. The van der Waals surface area contributed by atoms with Crippen molar-refractivity contribution in [1.82, 2.24) is 15.5 Å². The number of nitrogens with one attached hydrogen (secondary N) is 1. The van der Waals surface area contributed by atoms with E-state index < -0.39 is 0 Å². The molecule has 1 heterocycles. The molecule has 1 amide bonds. The zero-order valence-corrected chi connectivity index (χ0v) is 13.1. The summed E-state index contributed by atoms with van der Waals surface area (Å²) in [7, 11) is 0. The van der Waals surface area contributed by atoms with E-state index in [4.69, 9.17) is 16.0 Å². The Morgan fingerprint density at radius 2 is 2.00 bits per heavy atom. The maximum atomic E-state index is 12.3. The van der Waals surface area contributed by atoms with Crippen molar-refractivity contribution >= 4 is 17.5 Å². The van der Waals surface area contributed by atoms with Gasteiger partial charge in [-0.1, -0.05) is 23.7 Å². The Kier molecular flexibility index (Phi) is 4.39. The van der Waals surface area contributed by atoms with E-state index in [1.807, 2.05) is 25.1 Å². The number of hydrogen-bond donors (Lipinski definition) is 1. The Hall–Kier alpha value is -2.66. The van der Waals surface area contributed by atoms with Crippen molar-refractivity contribution in [3.63, 3.8) is 0 Å². The predicted octanol–water partition coefficient (Wildman–Crippen LogP) is 3.88. The van der Waals surface area contributed by atoms with Crippen LogP contribution >= 0.6 is 11.6 Å². The average Bonchev–Trinajstić information content (AvgIpc) is 3.09. The molecule has 23 heavy (non-hydrogen) atoms. The van der Waals surface area contributed by atoms with Gasteiger partial charge in [0.25, 0.3) is 5.91 Å². The Labute approximate surface area is 138 Å². The van der Waals surface area contributed by atoms with Crippen LogP contribution in [0.1, 0.15) is 28.9 Å². The van der Waals surface area contributed by atoms with E-state index in [9.17, 15) is 4.79 Å². The van der Waals surface area contributed by atoms with Gasteiger partial charge >= 0.3 is 0 Å². The van der Waals surface area contributed by atoms with E-state index in [-0.39, 0.29) is 11.9 Å². The van der Waals surface area contributed by atoms with Gasteiger partial charge in [0.15, 0.2) is 0 Å². The van der Waals surface area contributed by atoms with Crippen molar-refractivity contribution in [1.29, 1.82) is 0 Å². The first kappa shape index (κ1) is 15.2. The molecule has 0 saturated carbocycles. The quantitative estimate of drug-likeness (QED) is 0.789. The highest BCUT2D eigenvalue weighted by Crippen LogP contribution is 2.19. The van der Waals surface area contributed by atoms with Gasteiger partial charge in [-0.25, -0.2) is 0 Å². The Morgan fingerprint density at radius 1 is 1.22 bits per heavy atom. The molecule has 1 N–H and O–H groups in total. The fourth-order valence-electron chi connectivity index (χ4n) is 2.20. The highest BCUT2D eigenvalue weighted by Gasteiger charge is 2.12. The standard InChI is InChI=1S/C17H14ClN3O2/c1-11(14-3-2-4-15(18)9-14)20-16(22)12-5-7-13(8-6-12)17-21-19-10-23-17/h2-11H,1H3,(H,20,22)/t11-/m1/s1. The largest absolute Gasteiger partial charge is 0.423 e. The van der Waals surface area contributed by atoms with Crippen LogP contribution in [0.25, 0.3) is 11.5 Å². The van der Waals surface area contributed by atoms with Crippen molar-refractivity contribution < 1.29 is 9.21 Å². The van der Waals surface area contributed by atoms with Gasteiger partial charge in [-0.3, -0.25) is 4.79 Å². The lowest BCUT2D eigenvalue weighted by Crippen LogP contribution is -2.26. The topological polar surface area (TPSA) is 68.0 Å². The van der Waals surface area contributed by atoms with Crippen molar-refractivity contribution in [2.24, 2.45) is 0 Å². The summed E-state index contributed by atoms with van der Waals surface area (Å²) in [6.07, 6.45) is 1.27. The Bertz CT molecular complexity index is 801. The normalized spacial score (nSPS) is 11.9. The molecule has 1 aromatic heterocycles. The molecule has 3 rings (SSSR count). The summed E-state index contributed by atoms with van der Waals surface area (Å²) in [4.78, 5) is 12.3. The van der Waals surface area contributed by atoms with Crippen LogP contribution in [0, 0.1) is 0 Å². The van der Waals surface area contributed by atoms with Gasteiger partial charge in [-0.15, -0.1) is 10.2 Å². The Morgan fingerprint density at radius 3 is 2.65 bits per heavy atom. The fourth-order valence-corrected chi connectivity index (χ4v) is 2.40. The second-order valence-corrected chi connectivity index (χ2v) is 5.51. The van der Waals surface area contributed by atoms with Crippen molar-refractivity contribution in [3.05, 3.63) is 71.1 Å². The molecule has 0 fully saturated rings. The molecule has 116 valence electrons. The molecule has 0 bridgehead atoms. The first-order valence-electron chi connectivity index (χ1n) is 7.06. The number of carbonyl (C=O) groups excluding carboxylic acids is 1. The maximum Gasteiger partial charge on any atom is 0.251 e. The number of benzene rings is 2. The second-order valence-electron chi connectivity index (χ2n) is 5.07. The van der Waals surface area contributed by atoms with Gasteiger partial charge in [0, 0.05) is 16.1 Å². The van der Waals surface area contributed by atoms with Crippen LogP contribution in [-0.2, 0) is 0 Å². The molecule has 0 aliphatic heterocycles. The molecule has 2 aromatic carbocycles. The van der Waals surface area contributed by atoms with Gasteiger partial charge in [-0.2, -0.15) is 0 Å². The lowest BCUT2D eigenvalue weighted by molar-refractivity contribution is 0.0940. The van der Waals surface area contributed by atoms with Gasteiger partial charge in [0.2, 0.25) is 12.3 Å². The maximum absolute atomic E-state index is 12.3. The SMILES string of the molecule is C[C@@H](NC(=O)c1ccc(-c2nnco2)cc1)c1cccc(Cl)c1. The molecular weight excluding hydrogens is 314 g/mol. The summed E-state index contributed by atoms with van der Waals surface area (Å²) in [5, 5.41) is 11.0. The Balaban J connectivity index is 1.71. The highest BCUT2D eigenvalue weighted by atomic mass is 35.5. The molecule has 1 atom stereocenters. The second kappa shape index (κ2) is 6.62. The van der Waals surface area contributed by atoms with Crippen LogP contribution < -0.4 is 5.32 Å². The predicted molar refractivity (Wildman–Crippen MR) is 87.1 cm³/mol. The third-order valence-electron chi connectivity index (χ3n) is 3.45. The van der Waals surface area contributed by atoms with E-state index in [2.05, 4.69) is 15.5 Å². The van der Waals surface area contributed by atoms with Gasteiger partial charge in [-0.05, 0) is 48.9 Å². The van der Waals surface area contributed by atoms with E-state index in [1.54, 1.807) is 30.3 Å². The summed E-state index contributed by atoms with van der Waals surface area (Å²) in [5.41, 5.74) is 2.28. The minimum atomic E-state index is -0.158. The summed E-state index contributed by atoms with van der Waals surface area (Å²) >= 11 is 5.98. The highest BCUT2D eigenvalue weighted by molar-refractivity contribution is 6.30. The van der Waals surface area contributed by atoms with E-state index in [1.165, 1.54) is 6.39 Å². The van der Waals surface area contributed by atoms with E-state index in [0.29, 0.717) is 16.5 Å². The molecule has 0 saturated heterocycles. The minimum Gasteiger partial charge on any atom is -0.423 e. The molecule has 5 nitrogen and oxygen atoms in total. The number of halogens is 1. The number of carbonyl (C=O) groups is 1. The summed E-state index contributed by atoms with van der Waals surface area (Å²) < 4.78 is 5.12. The molecule has 0 radical (unpaired) electrons. The molecule has 0 aliphatic rings. The number of hydrogen-bond acceptors (Lipinski definition) is 4. The van der Waals surface area contributed by atoms with E-state index in [0.717, 1.165) is 11.1 Å². The van der Waals surface area contributed by atoms with Crippen LogP contribution in [0.5, 0.6) is 0 Å². The number of nitrogens with zero attached hydrogens (tertiary/aromatic N) is 2. The third kappa shape index (κ3) is 3.57. The molecule has 3 aromatic rings. The van der Waals surface area contributed by atoms with Crippen LogP contribution in [0.3, 0.4) is 0 Å². The monoisotopic (exact) mass is 327 g/mol. The average molecular weight is 328 g/mol. The number of aromatic nitrogens is 2. The fraction of sp³-hybridized carbons (Fsp3) is 0.118. The van der Waals surface area contributed by atoms with Gasteiger partial charge in [0.1, 0.15) is 0 Å². The number of amides is 1. The zero-order chi connectivity index (χ0) is 16.2. The molecule has 0 aliphatic carbocycles. The van der Waals surface area contributed by atoms with E-state index >= 15 is 0 Å². The third-order valence-corrected chi connectivity index (χ3v) is 3.69. The van der Waals surface area contributed by atoms with Crippen molar-refractivity contribution in [2.45, 2.75) is 13.0 Å². The van der Waals surface area contributed by atoms with Crippen LogP contribution in [0.2, 0.25) is 5.02 Å². The van der Waals surface area contributed by atoms with Crippen LogP contribution in [0.4, 0.5) is 0 Å². The van der Waals surface area contributed by atoms with Gasteiger partial charge in [0.05, 0.1) is 6.04 Å². The van der Waals surface area contributed by atoms with Crippen molar-refractivity contribution in [3.8, 4) is 11.5 Å². The summed E-state index contributed by atoms with van der Waals surface area (Å²) in [6.45, 7) is 1.91. The lowest BCUT2D eigenvalue weighted by atomic mass is 10.1. The molecule has 6 heteroatoms. The molecule has 0 spiro atoms. The van der Waals surface area contributed by atoms with Gasteiger partial charge < -0.3 is 9.73 Å². The molecular formula is C17H14ClN3O2. The van der Waals surface area contributed by atoms with Crippen LogP contribution in [-0.4, -0.2) is 16.1 Å². The lowest BCUT2D eigenvalue weighted by Gasteiger charge is -2.14. The molecule has 0 unspecified atom stereocenters. The smallest absolute Gasteiger partial charge is 0.251 e. The summed E-state index contributed by atoms with van der Waals surface area (Å²) in [6, 6.07) is 14.3. The zero-order valence-electron chi connectivity index (χ0n) is 12.4. The first-order chi connectivity index (χ1) is 11.1. The van der Waals surface area contributed by atoms with Crippen LogP contribution in [0.15, 0.2) is 59.3 Å². The number of rotatable bonds is 4. The van der Waals surface area contributed by atoms with Crippen molar-refractivity contribution in [2.75, 3.05) is 0 Å². The first-order valence-corrected chi connectivity index (χ1v) is 7.44.